The second kappa shape index (κ2) is 3.58. The van der Waals surface area contributed by atoms with E-state index in [2.05, 4.69) is 0 Å². The molecule has 0 unspecified atom stereocenters. The molecule has 84 valence electrons. The van der Waals surface area contributed by atoms with Crippen molar-refractivity contribution in [2.75, 3.05) is 19.8 Å². The zero-order valence-electron chi connectivity index (χ0n) is 8.95. The van der Waals surface area contributed by atoms with Gasteiger partial charge in [0, 0.05) is 12.3 Å². The maximum atomic E-state index is 8.96. The first-order chi connectivity index (χ1) is 7.36. The topological polar surface area (TPSA) is 38.7 Å². The minimum absolute atomic E-state index is 0.174. The molecule has 3 rings (SSSR count). The molecule has 0 bridgehead atoms. The summed E-state index contributed by atoms with van der Waals surface area (Å²) in [6, 6.07) is 0. The summed E-state index contributed by atoms with van der Waals surface area (Å²) in [5.41, 5.74) is 1.43. The molecule has 3 aliphatic rings. The average Bonchev–Trinajstić information content (AvgIpc) is 2.89. The highest BCUT2D eigenvalue weighted by Gasteiger charge is 2.55. The van der Waals surface area contributed by atoms with E-state index in [9.17, 15) is 0 Å². The van der Waals surface area contributed by atoms with Crippen LogP contribution in [0.1, 0.15) is 25.7 Å². The molecule has 3 heteroatoms. The van der Waals surface area contributed by atoms with Crippen molar-refractivity contribution in [1.82, 2.24) is 0 Å². The van der Waals surface area contributed by atoms with Gasteiger partial charge in [0.15, 0.2) is 5.79 Å². The van der Waals surface area contributed by atoms with E-state index in [1.807, 2.05) is 6.08 Å². The van der Waals surface area contributed by atoms with Crippen molar-refractivity contribution in [2.45, 2.75) is 31.5 Å². The van der Waals surface area contributed by atoms with Crippen LogP contribution in [0.5, 0.6) is 0 Å². The predicted molar refractivity (Wildman–Crippen MR) is 55.3 cm³/mol. The minimum atomic E-state index is -0.254. The number of ether oxygens (including phenoxy) is 2. The molecule has 1 N–H and O–H groups in total. The predicted octanol–water partition coefficient (Wildman–Crippen LogP) is 1.47. The van der Waals surface area contributed by atoms with Crippen LogP contribution in [-0.4, -0.2) is 30.7 Å². The molecule has 1 spiro atoms. The molecule has 2 saturated carbocycles. The Kier molecular flexibility index (Phi) is 2.34. The molecular formula is C12H18O3. The summed E-state index contributed by atoms with van der Waals surface area (Å²) in [6.07, 6.45) is 6.46. The number of hydrogen-bond donors (Lipinski definition) is 1. The number of hydrogen-bond acceptors (Lipinski definition) is 3. The third kappa shape index (κ3) is 1.37. The molecule has 0 radical (unpaired) electrons. The first-order valence-corrected chi connectivity index (χ1v) is 5.93. The van der Waals surface area contributed by atoms with E-state index in [1.165, 1.54) is 5.57 Å². The molecule has 2 aliphatic carbocycles. The first kappa shape index (κ1) is 9.82. The summed E-state index contributed by atoms with van der Waals surface area (Å²) in [4.78, 5) is 0. The second-order valence-corrected chi connectivity index (χ2v) is 4.76. The smallest absolute Gasteiger partial charge is 0.171 e. The van der Waals surface area contributed by atoms with Gasteiger partial charge in [-0.2, -0.15) is 0 Å². The second-order valence-electron chi connectivity index (χ2n) is 4.76. The van der Waals surface area contributed by atoms with Gasteiger partial charge < -0.3 is 14.6 Å². The van der Waals surface area contributed by atoms with Gasteiger partial charge in [-0.25, -0.2) is 0 Å². The standard InChI is InChI=1S/C12H18O3/c13-6-4-9-1-2-11-10(9)3-5-12(11)14-7-8-15-12/h4,10-11,13H,1-3,5-8H2/b9-4-/t10-,11+/m1/s1. The maximum absolute atomic E-state index is 8.96. The van der Waals surface area contributed by atoms with Crippen molar-refractivity contribution >= 4 is 0 Å². The van der Waals surface area contributed by atoms with Crippen LogP contribution in [0, 0.1) is 11.8 Å². The normalized spacial score (nSPS) is 40.5. The van der Waals surface area contributed by atoms with E-state index in [0.29, 0.717) is 11.8 Å². The molecule has 2 atom stereocenters. The molecular weight excluding hydrogens is 192 g/mol. The van der Waals surface area contributed by atoms with Gasteiger partial charge in [0.1, 0.15) is 0 Å². The summed E-state index contributed by atoms with van der Waals surface area (Å²) in [7, 11) is 0. The highest BCUT2D eigenvalue weighted by atomic mass is 16.7. The fraction of sp³-hybridized carbons (Fsp3) is 0.833. The lowest BCUT2D eigenvalue weighted by atomic mass is 9.94. The fourth-order valence-corrected chi connectivity index (χ4v) is 3.62. The number of rotatable bonds is 1. The van der Waals surface area contributed by atoms with Crippen LogP contribution in [-0.2, 0) is 9.47 Å². The van der Waals surface area contributed by atoms with Crippen molar-refractivity contribution in [3.05, 3.63) is 11.6 Å². The van der Waals surface area contributed by atoms with Gasteiger partial charge >= 0.3 is 0 Å². The lowest BCUT2D eigenvalue weighted by Crippen LogP contribution is -2.34. The van der Waals surface area contributed by atoms with Crippen LogP contribution in [0.15, 0.2) is 11.6 Å². The Morgan fingerprint density at radius 3 is 2.87 bits per heavy atom. The Morgan fingerprint density at radius 1 is 1.33 bits per heavy atom. The van der Waals surface area contributed by atoms with E-state index >= 15 is 0 Å². The molecule has 0 amide bonds. The summed E-state index contributed by atoms with van der Waals surface area (Å²) in [6.45, 7) is 1.68. The Bertz CT molecular complexity index is 279. The third-order valence-electron chi connectivity index (χ3n) is 4.20. The zero-order chi connectivity index (χ0) is 10.3. The number of fused-ring (bicyclic) bond motifs is 2. The van der Waals surface area contributed by atoms with Crippen LogP contribution in [0.25, 0.3) is 0 Å². The van der Waals surface area contributed by atoms with E-state index < -0.39 is 0 Å². The van der Waals surface area contributed by atoms with E-state index in [4.69, 9.17) is 14.6 Å². The highest BCUT2D eigenvalue weighted by Crippen LogP contribution is 2.55. The van der Waals surface area contributed by atoms with Crippen LogP contribution >= 0.6 is 0 Å². The monoisotopic (exact) mass is 210 g/mol. The van der Waals surface area contributed by atoms with Gasteiger partial charge in [-0.05, 0) is 25.2 Å². The molecule has 15 heavy (non-hydrogen) atoms. The number of aliphatic hydroxyl groups is 1. The van der Waals surface area contributed by atoms with Gasteiger partial charge in [-0.3, -0.25) is 0 Å². The summed E-state index contributed by atoms with van der Waals surface area (Å²) >= 11 is 0. The minimum Gasteiger partial charge on any atom is -0.392 e. The highest BCUT2D eigenvalue weighted by molar-refractivity contribution is 5.19. The third-order valence-corrected chi connectivity index (χ3v) is 4.20. The van der Waals surface area contributed by atoms with Crippen molar-refractivity contribution in [2.24, 2.45) is 11.8 Å². The van der Waals surface area contributed by atoms with E-state index in [1.54, 1.807) is 0 Å². The van der Waals surface area contributed by atoms with Gasteiger partial charge in [0.2, 0.25) is 0 Å². The Labute approximate surface area is 90.1 Å². The van der Waals surface area contributed by atoms with E-state index in [0.717, 1.165) is 38.9 Å². The molecule has 0 aromatic carbocycles. The molecule has 0 aromatic rings. The van der Waals surface area contributed by atoms with Crippen molar-refractivity contribution < 1.29 is 14.6 Å². The van der Waals surface area contributed by atoms with Gasteiger partial charge in [-0.1, -0.05) is 11.6 Å². The molecule has 3 fully saturated rings. The number of aliphatic hydroxyl groups excluding tert-OH is 1. The van der Waals surface area contributed by atoms with Crippen molar-refractivity contribution in [1.29, 1.82) is 0 Å². The lowest BCUT2D eigenvalue weighted by molar-refractivity contribution is -0.182. The van der Waals surface area contributed by atoms with E-state index in [-0.39, 0.29) is 12.4 Å². The Morgan fingerprint density at radius 2 is 2.13 bits per heavy atom. The van der Waals surface area contributed by atoms with Crippen molar-refractivity contribution in [3.8, 4) is 0 Å². The zero-order valence-corrected chi connectivity index (χ0v) is 8.95. The lowest BCUT2D eigenvalue weighted by Gasteiger charge is -2.28. The Balaban J connectivity index is 1.82. The van der Waals surface area contributed by atoms with Crippen molar-refractivity contribution in [3.63, 3.8) is 0 Å². The first-order valence-electron chi connectivity index (χ1n) is 5.93. The van der Waals surface area contributed by atoms with Crippen LogP contribution in [0.3, 0.4) is 0 Å². The molecule has 1 aliphatic heterocycles. The molecule has 3 nitrogen and oxygen atoms in total. The maximum Gasteiger partial charge on any atom is 0.171 e. The Hall–Kier alpha value is -0.380. The molecule has 1 saturated heterocycles. The molecule has 0 aromatic heterocycles. The number of allylic oxidation sites excluding steroid dienone is 1. The van der Waals surface area contributed by atoms with Crippen LogP contribution < -0.4 is 0 Å². The largest absolute Gasteiger partial charge is 0.392 e. The van der Waals surface area contributed by atoms with Gasteiger partial charge in [0.25, 0.3) is 0 Å². The summed E-state index contributed by atoms with van der Waals surface area (Å²) in [5, 5.41) is 8.96. The summed E-state index contributed by atoms with van der Waals surface area (Å²) in [5.74, 6) is 0.892. The van der Waals surface area contributed by atoms with Gasteiger partial charge in [0.05, 0.1) is 19.8 Å². The SMILES string of the molecule is OC/C=C1/CC[C@H]2[C@@H]1CCC21OCCO1. The fourth-order valence-electron chi connectivity index (χ4n) is 3.62. The molecule has 1 heterocycles. The average molecular weight is 210 g/mol. The van der Waals surface area contributed by atoms with Crippen LogP contribution in [0.4, 0.5) is 0 Å². The summed E-state index contributed by atoms with van der Waals surface area (Å²) < 4.78 is 11.7. The van der Waals surface area contributed by atoms with Gasteiger partial charge in [-0.15, -0.1) is 0 Å². The quantitative estimate of drug-likeness (QED) is 0.666. The van der Waals surface area contributed by atoms with Crippen LogP contribution in [0.2, 0.25) is 0 Å².